The number of carbonyl (C=O) groups excluding carboxylic acids is 1. The Morgan fingerprint density at radius 1 is 1.00 bits per heavy atom. The highest BCUT2D eigenvalue weighted by atomic mass is 35.5. The molecule has 0 saturated carbocycles. The number of rotatable bonds is 4. The third-order valence-electron chi connectivity index (χ3n) is 4.60. The van der Waals surface area contributed by atoms with Gasteiger partial charge >= 0.3 is 0 Å². The lowest BCUT2D eigenvalue weighted by Gasteiger charge is -2.32. The Morgan fingerprint density at radius 2 is 1.55 bits per heavy atom. The molecule has 156 valence electrons. The zero-order valence-corrected chi connectivity index (χ0v) is 19.7. The highest BCUT2D eigenvalue weighted by Gasteiger charge is 2.62. The summed E-state index contributed by atoms with van der Waals surface area (Å²) in [7, 11) is -4.14. The van der Waals surface area contributed by atoms with Gasteiger partial charge in [0.1, 0.15) is 5.37 Å². The van der Waals surface area contributed by atoms with Crippen LogP contribution in [0.5, 0.6) is 0 Å². The van der Waals surface area contributed by atoms with Gasteiger partial charge in [0.2, 0.25) is 4.33 Å². The van der Waals surface area contributed by atoms with Crippen molar-refractivity contribution in [1.29, 1.82) is 0 Å². The normalized spacial score (nSPS) is 22.1. The number of alkyl halides is 2. The number of nitrogens with zero attached hydrogens (tertiary/aromatic N) is 1. The van der Waals surface area contributed by atoms with E-state index in [1.807, 2.05) is 58.0 Å². The van der Waals surface area contributed by atoms with Gasteiger partial charge in [-0.05, 0) is 24.6 Å². The number of aryl methyl sites for hydroxylation is 1. The summed E-state index contributed by atoms with van der Waals surface area (Å²) >= 11 is 14.5. The van der Waals surface area contributed by atoms with Crippen LogP contribution in [-0.2, 0) is 14.8 Å². The summed E-state index contributed by atoms with van der Waals surface area (Å²) in [6, 6.07) is 15.5. The molecule has 0 radical (unpaired) electrons. The van der Waals surface area contributed by atoms with E-state index in [1.54, 1.807) is 12.1 Å². The molecule has 2 aromatic carbocycles. The van der Waals surface area contributed by atoms with Crippen LogP contribution < -0.4 is 0 Å². The maximum Gasteiger partial charge on any atom is 0.274 e. The van der Waals surface area contributed by atoms with Gasteiger partial charge in [0.15, 0.2) is 0 Å². The van der Waals surface area contributed by atoms with Crippen molar-refractivity contribution in [2.45, 2.75) is 53.0 Å². The topological polar surface area (TPSA) is 54.5 Å². The molecule has 1 fully saturated rings. The number of halogens is 2. The summed E-state index contributed by atoms with van der Waals surface area (Å²) in [6.45, 7) is 7.75. The second-order valence-corrected chi connectivity index (χ2v) is 13.2. The summed E-state index contributed by atoms with van der Waals surface area (Å²) in [5.41, 5.74) is 1.64. The molecule has 3 rings (SSSR count). The first-order chi connectivity index (χ1) is 13.4. The minimum Gasteiger partial charge on any atom is -0.270 e. The second kappa shape index (κ2) is 7.80. The Kier molecular flexibility index (Phi) is 6.05. The molecule has 2 atom stereocenters. The Morgan fingerprint density at radius 3 is 2.07 bits per heavy atom. The van der Waals surface area contributed by atoms with Crippen molar-refractivity contribution in [3.05, 3.63) is 65.7 Å². The number of carbonyl (C=O) groups is 1. The van der Waals surface area contributed by atoms with Gasteiger partial charge in [-0.1, -0.05) is 92.0 Å². The first-order valence-corrected chi connectivity index (χ1v) is 12.2. The molecule has 0 aromatic heterocycles. The zero-order chi connectivity index (χ0) is 21.6. The van der Waals surface area contributed by atoms with E-state index in [0.717, 1.165) is 9.87 Å². The first-order valence-electron chi connectivity index (χ1n) is 9.12. The second-order valence-electron chi connectivity index (χ2n) is 8.05. The summed E-state index contributed by atoms with van der Waals surface area (Å²) in [6.07, 6.45) is 0. The fraction of sp³-hybridized carbons (Fsp3) is 0.381. The maximum atomic E-state index is 13.5. The van der Waals surface area contributed by atoms with Crippen LogP contribution in [0.1, 0.15) is 37.8 Å². The van der Waals surface area contributed by atoms with Crippen LogP contribution in [-0.4, -0.2) is 33.1 Å². The van der Waals surface area contributed by atoms with Gasteiger partial charge in [0.25, 0.3) is 15.9 Å². The fourth-order valence-electron chi connectivity index (χ4n) is 3.29. The predicted octanol–water partition coefficient (Wildman–Crippen LogP) is 5.34. The van der Waals surface area contributed by atoms with Gasteiger partial charge in [0, 0.05) is 4.75 Å². The predicted molar refractivity (Wildman–Crippen MR) is 120 cm³/mol. The average Bonchev–Trinajstić information content (AvgIpc) is 2.80. The number of sulfonamides is 1. The summed E-state index contributed by atoms with van der Waals surface area (Å²) in [5.74, 6) is -1.54. The van der Waals surface area contributed by atoms with Gasteiger partial charge < -0.3 is 0 Å². The van der Waals surface area contributed by atoms with E-state index >= 15 is 0 Å². The Bertz CT molecular complexity index is 1000. The molecule has 0 unspecified atom stereocenters. The maximum absolute atomic E-state index is 13.5. The Labute approximate surface area is 186 Å². The quantitative estimate of drug-likeness (QED) is 0.564. The van der Waals surface area contributed by atoms with Gasteiger partial charge in [-0.2, -0.15) is 0 Å². The molecule has 2 aromatic rings. The lowest BCUT2D eigenvalue weighted by Crippen LogP contribution is -2.41. The molecule has 4 nitrogen and oxygen atoms in total. The molecule has 1 aliphatic heterocycles. The molecular formula is C21H23Cl2NO3S2. The average molecular weight is 472 g/mol. The molecule has 8 heteroatoms. The first kappa shape index (κ1) is 22.5. The number of hydrogen-bond acceptors (Lipinski definition) is 4. The molecule has 1 aliphatic rings. The van der Waals surface area contributed by atoms with Gasteiger partial charge in [-0.3, -0.25) is 4.79 Å². The van der Waals surface area contributed by atoms with Crippen molar-refractivity contribution in [3.63, 3.8) is 0 Å². The van der Waals surface area contributed by atoms with Crippen LogP contribution >= 0.6 is 35.0 Å². The van der Waals surface area contributed by atoms with Crippen molar-refractivity contribution in [1.82, 2.24) is 4.31 Å². The summed E-state index contributed by atoms with van der Waals surface area (Å²) < 4.78 is 25.6. The zero-order valence-electron chi connectivity index (χ0n) is 16.6. The summed E-state index contributed by atoms with van der Waals surface area (Å²) in [4.78, 5) is 13.3. The lowest BCUT2D eigenvalue weighted by atomic mass is 9.97. The molecular weight excluding hydrogens is 449 g/mol. The van der Waals surface area contributed by atoms with Gasteiger partial charge in [-0.15, -0.1) is 11.8 Å². The van der Waals surface area contributed by atoms with Crippen molar-refractivity contribution in [2.75, 3.05) is 0 Å². The van der Waals surface area contributed by atoms with Gasteiger partial charge in [0.05, 0.1) is 10.8 Å². The van der Waals surface area contributed by atoms with Crippen LogP contribution in [0, 0.1) is 6.92 Å². The van der Waals surface area contributed by atoms with E-state index in [0.29, 0.717) is 5.56 Å². The molecule has 1 amide bonds. The van der Waals surface area contributed by atoms with E-state index in [4.69, 9.17) is 23.2 Å². The standard InChI is InChI=1S/C21H23Cl2NO3S2/c1-14-10-12-16(13-11-14)29(26,27)24-18(28-20(2,3)4)17(21(22,23)19(24)25)15-8-6-5-7-9-15/h5-13,17-18H,1-4H3/t17-,18-/m1/s1. The number of benzene rings is 2. The van der Waals surface area contributed by atoms with Crippen LogP contribution in [0.2, 0.25) is 0 Å². The molecule has 0 N–H and O–H groups in total. The lowest BCUT2D eigenvalue weighted by molar-refractivity contribution is -0.124. The smallest absolute Gasteiger partial charge is 0.270 e. The fourth-order valence-corrected chi connectivity index (χ4v) is 7.56. The van der Waals surface area contributed by atoms with E-state index in [-0.39, 0.29) is 9.64 Å². The van der Waals surface area contributed by atoms with Crippen LogP contribution in [0.25, 0.3) is 0 Å². The SMILES string of the molecule is Cc1ccc(S(=O)(=O)N2C(=O)C(Cl)(Cl)[C@H](c3ccccc3)[C@H]2SC(C)(C)C)cc1. The van der Waals surface area contributed by atoms with E-state index in [1.165, 1.54) is 23.9 Å². The molecule has 0 spiro atoms. The van der Waals surface area contributed by atoms with E-state index in [9.17, 15) is 13.2 Å². The van der Waals surface area contributed by atoms with E-state index < -0.39 is 31.6 Å². The van der Waals surface area contributed by atoms with Crippen molar-refractivity contribution < 1.29 is 13.2 Å². The van der Waals surface area contributed by atoms with Crippen molar-refractivity contribution >= 4 is 50.9 Å². The Hall–Kier alpha value is -1.21. The van der Waals surface area contributed by atoms with Gasteiger partial charge in [-0.25, -0.2) is 12.7 Å². The molecule has 0 bridgehead atoms. The minimum absolute atomic E-state index is 0.0359. The van der Waals surface area contributed by atoms with Crippen LogP contribution in [0.4, 0.5) is 0 Å². The van der Waals surface area contributed by atoms with Crippen molar-refractivity contribution in [3.8, 4) is 0 Å². The highest BCUT2D eigenvalue weighted by molar-refractivity contribution is 8.02. The highest BCUT2D eigenvalue weighted by Crippen LogP contribution is 2.55. The molecule has 1 saturated heterocycles. The molecule has 0 aliphatic carbocycles. The monoisotopic (exact) mass is 471 g/mol. The molecule has 29 heavy (non-hydrogen) atoms. The van der Waals surface area contributed by atoms with Crippen molar-refractivity contribution in [2.24, 2.45) is 0 Å². The third kappa shape index (κ3) is 4.31. The van der Waals surface area contributed by atoms with Crippen LogP contribution in [0.3, 0.4) is 0 Å². The molecule has 1 heterocycles. The van der Waals surface area contributed by atoms with Crippen LogP contribution in [0.15, 0.2) is 59.5 Å². The summed E-state index contributed by atoms with van der Waals surface area (Å²) in [5, 5.41) is -0.786. The minimum atomic E-state index is -4.14. The Balaban J connectivity index is 2.18. The largest absolute Gasteiger partial charge is 0.274 e. The number of amides is 1. The number of hydrogen-bond donors (Lipinski definition) is 0. The van der Waals surface area contributed by atoms with E-state index in [2.05, 4.69) is 0 Å². The number of thioether (sulfide) groups is 1. The third-order valence-corrected chi connectivity index (χ3v) is 8.74.